The van der Waals surface area contributed by atoms with E-state index in [0.29, 0.717) is 18.0 Å². The largest absolute Gasteiger partial charge is 0.392 e. The Morgan fingerprint density at radius 2 is 2.11 bits per heavy atom. The van der Waals surface area contributed by atoms with Crippen LogP contribution in [0.25, 0.3) is 0 Å². The molecule has 0 aromatic heterocycles. The SMILES string of the molecule is CC1(C)CCC(CN)(Cc2ccc(F)cc2Cl)C1O. The second-order valence-corrected chi connectivity index (χ2v) is 6.78. The van der Waals surface area contributed by atoms with Gasteiger partial charge in [-0.2, -0.15) is 0 Å². The van der Waals surface area contributed by atoms with Crippen LogP contribution < -0.4 is 5.73 Å². The third-order valence-corrected chi connectivity index (χ3v) is 4.90. The van der Waals surface area contributed by atoms with Crippen LogP contribution in [0, 0.1) is 16.6 Å². The van der Waals surface area contributed by atoms with E-state index in [-0.39, 0.29) is 16.6 Å². The third-order valence-electron chi connectivity index (χ3n) is 4.55. The molecule has 1 aromatic carbocycles. The minimum atomic E-state index is -0.467. The highest BCUT2D eigenvalue weighted by Gasteiger charge is 2.51. The summed E-state index contributed by atoms with van der Waals surface area (Å²) in [5.74, 6) is -0.345. The van der Waals surface area contributed by atoms with Crippen LogP contribution >= 0.6 is 11.6 Å². The van der Waals surface area contributed by atoms with Crippen LogP contribution in [0.15, 0.2) is 18.2 Å². The topological polar surface area (TPSA) is 46.2 Å². The predicted molar refractivity (Wildman–Crippen MR) is 75.6 cm³/mol. The van der Waals surface area contributed by atoms with Gasteiger partial charge in [-0.3, -0.25) is 0 Å². The maximum atomic E-state index is 13.1. The van der Waals surface area contributed by atoms with Crippen LogP contribution in [-0.2, 0) is 6.42 Å². The van der Waals surface area contributed by atoms with Gasteiger partial charge in [0, 0.05) is 17.0 Å². The fourth-order valence-electron chi connectivity index (χ4n) is 3.19. The van der Waals surface area contributed by atoms with Gasteiger partial charge in [0.1, 0.15) is 5.82 Å². The highest BCUT2D eigenvalue weighted by Crippen LogP contribution is 2.50. The summed E-state index contributed by atoms with van der Waals surface area (Å²) in [6, 6.07) is 4.40. The zero-order chi connectivity index (χ0) is 14.3. The molecule has 2 nitrogen and oxygen atoms in total. The fourth-order valence-corrected chi connectivity index (χ4v) is 3.42. The molecular weight excluding hydrogens is 265 g/mol. The molecule has 2 atom stereocenters. The minimum Gasteiger partial charge on any atom is -0.392 e. The average Bonchev–Trinajstić information content (AvgIpc) is 2.57. The molecule has 0 saturated heterocycles. The Kier molecular flexibility index (Phi) is 3.92. The number of aliphatic hydroxyl groups excluding tert-OH is 1. The molecule has 0 radical (unpaired) electrons. The second kappa shape index (κ2) is 5.04. The van der Waals surface area contributed by atoms with E-state index in [9.17, 15) is 9.50 Å². The molecule has 0 spiro atoms. The van der Waals surface area contributed by atoms with Crippen molar-refractivity contribution >= 4 is 11.6 Å². The third kappa shape index (κ3) is 2.64. The van der Waals surface area contributed by atoms with Crippen molar-refractivity contribution in [3.8, 4) is 0 Å². The maximum absolute atomic E-state index is 13.1. The molecule has 0 bridgehead atoms. The molecule has 2 rings (SSSR count). The first-order valence-corrected chi connectivity index (χ1v) is 7.01. The molecule has 0 amide bonds. The van der Waals surface area contributed by atoms with Gasteiger partial charge in [-0.25, -0.2) is 4.39 Å². The quantitative estimate of drug-likeness (QED) is 0.896. The van der Waals surface area contributed by atoms with Crippen LogP contribution in [0.5, 0.6) is 0 Å². The first-order valence-electron chi connectivity index (χ1n) is 6.63. The van der Waals surface area contributed by atoms with Crippen molar-refractivity contribution in [1.82, 2.24) is 0 Å². The van der Waals surface area contributed by atoms with E-state index < -0.39 is 6.10 Å². The molecule has 0 aliphatic heterocycles. The van der Waals surface area contributed by atoms with Gasteiger partial charge in [0.25, 0.3) is 0 Å². The Hall–Kier alpha value is -0.640. The Labute approximate surface area is 118 Å². The van der Waals surface area contributed by atoms with Gasteiger partial charge in [0.15, 0.2) is 0 Å². The van der Waals surface area contributed by atoms with E-state index in [1.807, 2.05) is 0 Å². The molecule has 2 unspecified atom stereocenters. The first kappa shape index (κ1) is 14.8. The van der Waals surface area contributed by atoms with E-state index in [0.717, 1.165) is 18.4 Å². The number of halogens is 2. The summed E-state index contributed by atoms with van der Waals surface area (Å²) < 4.78 is 13.1. The number of hydrogen-bond donors (Lipinski definition) is 2. The van der Waals surface area contributed by atoms with Crippen molar-refractivity contribution in [2.75, 3.05) is 6.54 Å². The van der Waals surface area contributed by atoms with Crippen LogP contribution in [0.4, 0.5) is 4.39 Å². The summed E-state index contributed by atoms with van der Waals surface area (Å²) in [6.45, 7) is 4.52. The molecular formula is C15H21ClFNO. The van der Waals surface area contributed by atoms with Crippen LogP contribution in [-0.4, -0.2) is 17.8 Å². The Bertz CT molecular complexity index is 477. The van der Waals surface area contributed by atoms with Crippen molar-refractivity contribution in [2.24, 2.45) is 16.6 Å². The number of hydrogen-bond acceptors (Lipinski definition) is 2. The fraction of sp³-hybridized carbons (Fsp3) is 0.600. The molecule has 1 aliphatic carbocycles. The van der Waals surface area contributed by atoms with Gasteiger partial charge >= 0.3 is 0 Å². The zero-order valence-electron chi connectivity index (χ0n) is 11.4. The smallest absolute Gasteiger partial charge is 0.124 e. The monoisotopic (exact) mass is 285 g/mol. The van der Waals surface area contributed by atoms with Crippen molar-refractivity contribution in [1.29, 1.82) is 0 Å². The lowest BCUT2D eigenvalue weighted by molar-refractivity contribution is -0.00463. The standard InChI is InChI=1S/C15H21ClFNO/c1-14(2)5-6-15(9-18,13(14)19)8-10-3-4-11(17)7-12(10)16/h3-4,7,13,19H,5-6,8-9,18H2,1-2H3. The summed E-state index contributed by atoms with van der Waals surface area (Å²) in [4.78, 5) is 0. The van der Waals surface area contributed by atoms with E-state index in [2.05, 4.69) is 13.8 Å². The molecule has 0 heterocycles. The lowest BCUT2D eigenvalue weighted by Crippen LogP contribution is -2.44. The van der Waals surface area contributed by atoms with Crippen molar-refractivity contribution < 1.29 is 9.50 Å². The van der Waals surface area contributed by atoms with Gasteiger partial charge in [-0.05, 0) is 42.4 Å². The summed E-state index contributed by atoms with van der Waals surface area (Å²) in [6.07, 6.45) is 1.93. The second-order valence-electron chi connectivity index (χ2n) is 6.37. The molecule has 19 heavy (non-hydrogen) atoms. The number of aliphatic hydroxyl groups is 1. The molecule has 3 N–H and O–H groups in total. The lowest BCUT2D eigenvalue weighted by atomic mass is 9.74. The molecule has 1 aromatic rings. The zero-order valence-corrected chi connectivity index (χ0v) is 12.2. The summed E-state index contributed by atoms with van der Waals surface area (Å²) >= 11 is 6.08. The van der Waals surface area contributed by atoms with E-state index >= 15 is 0 Å². The molecule has 1 aliphatic rings. The first-order chi connectivity index (χ1) is 8.81. The summed E-state index contributed by atoms with van der Waals surface area (Å²) in [7, 11) is 0. The van der Waals surface area contributed by atoms with Gasteiger partial charge in [0.05, 0.1) is 6.10 Å². The molecule has 4 heteroatoms. The van der Waals surface area contributed by atoms with Gasteiger partial charge in [-0.15, -0.1) is 0 Å². The normalized spacial score (nSPS) is 29.7. The molecule has 1 saturated carbocycles. The van der Waals surface area contributed by atoms with E-state index in [1.165, 1.54) is 12.1 Å². The lowest BCUT2D eigenvalue weighted by Gasteiger charge is -2.36. The number of nitrogens with two attached hydrogens (primary N) is 1. The Balaban J connectivity index is 2.29. The number of rotatable bonds is 3. The molecule has 1 fully saturated rings. The summed E-state index contributed by atoms with van der Waals surface area (Å²) in [5.41, 5.74) is 6.29. The van der Waals surface area contributed by atoms with Gasteiger partial charge in [-0.1, -0.05) is 31.5 Å². The maximum Gasteiger partial charge on any atom is 0.124 e. The van der Waals surface area contributed by atoms with Gasteiger partial charge < -0.3 is 10.8 Å². The van der Waals surface area contributed by atoms with E-state index in [4.69, 9.17) is 17.3 Å². The van der Waals surface area contributed by atoms with Crippen LogP contribution in [0.3, 0.4) is 0 Å². The van der Waals surface area contributed by atoms with Crippen LogP contribution in [0.2, 0.25) is 5.02 Å². The van der Waals surface area contributed by atoms with Crippen molar-refractivity contribution in [3.05, 3.63) is 34.6 Å². The minimum absolute atomic E-state index is 0.133. The molecule has 106 valence electrons. The van der Waals surface area contributed by atoms with Crippen molar-refractivity contribution in [2.45, 2.75) is 39.2 Å². The Morgan fingerprint density at radius 1 is 1.42 bits per heavy atom. The van der Waals surface area contributed by atoms with Crippen LogP contribution in [0.1, 0.15) is 32.3 Å². The highest BCUT2D eigenvalue weighted by atomic mass is 35.5. The highest BCUT2D eigenvalue weighted by molar-refractivity contribution is 6.31. The number of benzene rings is 1. The average molecular weight is 286 g/mol. The van der Waals surface area contributed by atoms with E-state index in [1.54, 1.807) is 6.07 Å². The summed E-state index contributed by atoms with van der Waals surface area (Å²) in [5, 5.41) is 11.0. The Morgan fingerprint density at radius 3 is 2.58 bits per heavy atom. The van der Waals surface area contributed by atoms with Gasteiger partial charge in [0.2, 0.25) is 0 Å². The predicted octanol–water partition coefficient (Wildman–Crippen LogP) is 3.15. The van der Waals surface area contributed by atoms with Crippen molar-refractivity contribution in [3.63, 3.8) is 0 Å².